The third-order valence-corrected chi connectivity index (χ3v) is 23.2. The summed E-state index contributed by atoms with van der Waals surface area (Å²) in [6.07, 6.45) is 0. The van der Waals surface area contributed by atoms with E-state index in [1.165, 1.54) is 79.6 Å². The highest BCUT2D eigenvalue weighted by molar-refractivity contribution is 7.20. The zero-order valence-electron chi connectivity index (χ0n) is 35.3. The monoisotopic (exact) mass is 848 g/mol. The maximum atomic E-state index is 3.90. The first kappa shape index (κ1) is 38.0. The Hall–Kier alpha value is -7.77. The first-order valence-corrected chi connectivity index (χ1v) is 26.2. The number of para-hydroxylation sites is 1. The fourth-order valence-corrected chi connectivity index (χ4v) is 20.5. The van der Waals surface area contributed by atoms with Crippen molar-refractivity contribution in [3.8, 4) is 5.69 Å². The number of nitrogens with zero attached hydrogens (tertiary/aromatic N) is 1. The fraction of sp³-hybridized carbons (Fsp3) is 0. The van der Waals surface area contributed by atoms with Gasteiger partial charge in [0.1, 0.15) is 0 Å². The summed E-state index contributed by atoms with van der Waals surface area (Å²) in [6, 6.07) is 97.8. The number of aromatic nitrogens is 2. The van der Waals surface area contributed by atoms with Crippen molar-refractivity contribution in [3.05, 3.63) is 261 Å². The average Bonchev–Trinajstić information content (AvgIpc) is 3.92. The van der Waals surface area contributed by atoms with Crippen LogP contribution in [0.15, 0.2) is 261 Å². The zero-order chi connectivity index (χ0) is 42.5. The van der Waals surface area contributed by atoms with Gasteiger partial charge in [-0.2, -0.15) is 0 Å². The van der Waals surface area contributed by atoms with E-state index in [0.29, 0.717) is 0 Å². The summed E-state index contributed by atoms with van der Waals surface area (Å²) in [5, 5.41) is 15.8. The van der Waals surface area contributed by atoms with Crippen LogP contribution in [-0.4, -0.2) is 25.7 Å². The van der Waals surface area contributed by atoms with Gasteiger partial charge in [0.15, 0.2) is 16.1 Å². The molecule has 302 valence electrons. The van der Waals surface area contributed by atoms with Crippen molar-refractivity contribution in [1.82, 2.24) is 9.55 Å². The topological polar surface area (TPSA) is 20.7 Å². The Morgan fingerprint density at radius 1 is 0.281 bits per heavy atom. The molecule has 64 heavy (non-hydrogen) atoms. The molecule has 0 radical (unpaired) electrons. The molecule has 0 atom stereocenters. The molecule has 0 unspecified atom stereocenters. The Bertz CT molecular complexity index is 3390. The minimum Gasteiger partial charge on any atom is -0.354 e. The third-order valence-electron chi connectivity index (χ3n) is 13.6. The summed E-state index contributed by atoms with van der Waals surface area (Å²) >= 11 is 0. The molecule has 0 spiro atoms. The van der Waals surface area contributed by atoms with E-state index in [0.717, 1.165) is 11.2 Å². The number of hydrogen-bond acceptors (Lipinski definition) is 0. The van der Waals surface area contributed by atoms with E-state index in [4.69, 9.17) is 0 Å². The quantitative estimate of drug-likeness (QED) is 0.111. The highest BCUT2D eigenvalue weighted by Crippen LogP contribution is 2.39. The Kier molecular flexibility index (Phi) is 9.22. The van der Waals surface area contributed by atoms with E-state index < -0.39 is 16.1 Å². The van der Waals surface area contributed by atoms with Gasteiger partial charge in [0.05, 0.1) is 16.6 Å². The van der Waals surface area contributed by atoms with Crippen LogP contribution in [0.4, 0.5) is 0 Å². The molecule has 0 aliphatic rings. The number of rotatable bonds is 9. The van der Waals surface area contributed by atoms with Crippen molar-refractivity contribution in [3.63, 3.8) is 0 Å². The molecule has 12 aromatic rings. The molecular formula is C60H44N2Si2. The first-order valence-electron chi connectivity index (χ1n) is 22.2. The van der Waals surface area contributed by atoms with Gasteiger partial charge in [-0.25, -0.2) is 0 Å². The zero-order valence-corrected chi connectivity index (χ0v) is 37.3. The lowest BCUT2D eigenvalue weighted by Crippen LogP contribution is -2.74. The summed E-state index contributed by atoms with van der Waals surface area (Å²) in [6.45, 7) is 0. The summed E-state index contributed by atoms with van der Waals surface area (Å²) < 4.78 is 2.56. The number of nitrogens with one attached hydrogen (secondary N) is 1. The van der Waals surface area contributed by atoms with Gasteiger partial charge < -0.3 is 9.55 Å². The molecule has 0 aliphatic heterocycles. The summed E-state index contributed by atoms with van der Waals surface area (Å²) in [5.41, 5.74) is 5.85. The predicted octanol–water partition coefficient (Wildman–Crippen LogP) is 9.17. The summed E-state index contributed by atoms with van der Waals surface area (Å²) in [5.74, 6) is 0. The van der Waals surface area contributed by atoms with Crippen LogP contribution in [-0.2, 0) is 0 Å². The van der Waals surface area contributed by atoms with Crippen LogP contribution >= 0.6 is 0 Å². The van der Waals surface area contributed by atoms with Crippen molar-refractivity contribution in [1.29, 1.82) is 0 Å². The van der Waals surface area contributed by atoms with Crippen molar-refractivity contribution in [2.75, 3.05) is 0 Å². The molecule has 0 amide bonds. The Balaban J connectivity index is 1.21. The minimum atomic E-state index is -2.86. The first-order chi connectivity index (χ1) is 31.8. The van der Waals surface area contributed by atoms with Crippen LogP contribution in [0.3, 0.4) is 0 Å². The molecular weight excluding hydrogens is 805 g/mol. The van der Waals surface area contributed by atoms with Crippen LogP contribution in [0, 0.1) is 0 Å². The van der Waals surface area contributed by atoms with Crippen molar-refractivity contribution in [2.24, 2.45) is 0 Å². The van der Waals surface area contributed by atoms with Gasteiger partial charge in [-0.3, -0.25) is 0 Å². The molecule has 2 nitrogen and oxygen atoms in total. The Labute approximate surface area is 375 Å². The summed E-state index contributed by atoms with van der Waals surface area (Å²) in [4.78, 5) is 3.90. The molecule has 2 aromatic heterocycles. The highest BCUT2D eigenvalue weighted by atomic mass is 28.3. The number of benzene rings is 10. The SMILES string of the molecule is c1ccc([Si](c2ccccc2)(c2ccccc2)c2cccc(-n3c4cc([Si](c5ccccc5)(c5ccccc5)c5ccccc5)ccc4c4c5[nH]c6ccccc6c5ccc43)c2)cc1. The molecule has 0 bridgehead atoms. The lowest BCUT2D eigenvalue weighted by atomic mass is 10.1. The van der Waals surface area contributed by atoms with Crippen LogP contribution in [0.5, 0.6) is 0 Å². The number of H-pyrrole nitrogens is 1. The number of aromatic amines is 1. The number of fused-ring (bicyclic) bond motifs is 7. The smallest absolute Gasteiger partial charge is 0.179 e. The normalized spacial score (nSPS) is 12.1. The van der Waals surface area contributed by atoms with Gasteiger partial charge >= 0.3 is 0 Å². The molecule has 0 aliphatic carbocycles. The lowest BCUT2D eigenvalue weighted by Gasteiger charge is -2.35. The molecule has 0 fully saturated rings. The molecule has 2 heterocycles. The Morgan fingerprint density at radius 3 is 1.17 bits per heavy atom. The molecule has 12 rings (SSSR count). The predicted molar refractivity (Wildman–Crippen MR) is 277 cm³/mol. The van der Waals surface area contributed by atoms with E-state index in [1.807, 2.05) is 0 Å². The van der Waals surface area contributed by atoms with Crippen molar-refractivity contribution < 1.29 is 0 Å². The van der Waals surface area contributed by atoms with Crippen LogP contribution in [0.25, 0.3) is 49.3 Å². The van der Waals surface area contributed by atoms with Gasteiger partial charge in [-0.1, -0.05) is 231 Å². The van der Waals surface area contributed by atoms with E-state index >= 15 is 0 Å². The second-order valence-corrected chi connectivity index (χ2v) is 24.5. The van der Waals surface area contributed by atoms with Gasteiger partial charge in [-0.15, -0.1) is 0 Å². The second kappa shape index (κ2) is 15.5. The molecule has 4 heteroatoms. The molecule has 0 saturated carbocycles. The minimum absolute atomic E-state index is 1.15. The van der Waals surface area contributed by atoms with Crippen LogP contribution < -0.4 is 41.5 Å². The van der Waals surface area contributed by atoms with E-state index in [1.54, 1.807) is 0 Å². The van der Waals surface area contributed by atoms with Crippen LogP contribution in [0.2, 0.25) is 0 Å². The lowest BCUT2D eigenvalue weighted by molar-refractivity contribution is 1.18. The maximum Gasteiger partial charge on any atom is 0.179 e. The van der Waals surface area contributed by atoms with Gasteiger partial charge in [0, 0.05) is 32.7 Å². The van der Waals surface area contributed by atoms with E-state index in [9.17, 15) is 0 Å². The summed E-state index contributed by atoms with van der Waals surface area (Å²) in [7, 11) is -5.69. The molecule has 0 saturated heterocycles. The highest BCUT2D eigenvalue weighted by Gasteiger charge is 2.43. The standard InChI is InChI=1S/C60H44N2Si2/c1-7-23-45(24-8-1)63(46-25-9-2-10-26-46,47-27-11-3-12-28-47)51-35-21-22-44(42-51)62-57-41-40-54-53-36-19-20-37-56(53)61-60(54)59(57)55-39-38-52(43-58(55)62)64(48-29-13-4-14-30-48,49-31-15-5-16-32-49)50-33-17-6-18-34-50/h1-43,61H. The Morgan fingerprint density at radius 2 is 0.688 bits per heavy atom. The fourth-order valence-electron chi connectivity index (χ4n) is 10.9. The van der Waals surface area contributed by atoms with Gasteiger partial charge in [-0.05, 0) is 71.8 Å². The van der Waals surface area contributed by atoms with Crippen LogP contribution in [0.1, 0.15) is 0 Å². The number of hydrogen-bond donors (Lipinski definition) is 1. The maximum absolute atomic E-state index is 3.90. The van der Waals surface area contributed by atoms with E-state index in [2.05, 4.69) is 270 Å². The third kappa shape index (κ3) is 5.77. The van der Waals surface area contributed by atoms with Crippen molar-refractivity contribution in [2.45, 2.75) is 0 Å². The molecule has 10 aromatic carbocycles. The van der Waals surface area contributed by atoms with Gasteiger partial charge in [0.2, 0.25) is 0 Å². The van der Waals surface area contributed by atoms with Crippen molar-refractivity contribution >= 4 is 101 Å². The second-order valence-electron chi connectivity index (χ2n) is 16.9. The van der Waals surface area contributed by atoms with Gasteiger partial charge in [0.25, 0.3) is 0 Å². The van der Waals surface area contributed by atoms with E-state index in [-0.39, 0.29) is 0 Å². The molecule has 1 N–H and O–H groups in total. The average molecular weight is 849 g/mol. The largest absolute Gasteiger partial charge is 0.354 e.